The van der Waals surface area contributed by atoms with Crippen LogP contribution in [0.15, 0.2) is 18.2 Å². The fourth-order valence-electron chi connectivity index (χ4n) is 2.85. The molecule has 2 rings (SSSR count). The predicted molar refractivity (Wildman–Crippen MR) is 88.8 cm³/mol. The number of carbonyl (C=O) groups excluding carboxylic acids is 3. The van der Waals surface area contributed by atoms with E-state index in [9.17, 15) is 14.4 Å². The van der Waals surface area contributed by atoms with Gasteiger partial charge in [0, 0.05) is 15.6 Å². The van der Waals surface area contributed by atoms with Crippen LogP contribution in [0.4, 0.5) is 0 Å². The average molecular weight is 373 g/mol. The van der Waals surface area contributed by atoms with Crippen LogP contribution in [-0.4, -0.2) is 24.3 Å². The van der Waals surface area contributed by atoms with Crippen LogP contribution in [0.1, 0.15) is 39.4 Å². The molecule has 0 N–H and O–H groups in total. The molecule has 130 valence electrons. The highest BCUT2D eigenvalue weighted by Crippen LogP contribution is 2.49. The molecule has 5 nitrogen and oxygen atoms in total. The molecule has 1 aromatic carbocycles. The molecule has 1 fully saturated rings. The molecule has 2 atom stereocenters. The smallest absolute Gasteiger partial charge is 0.331 e. The minimum Gasteiger partial charge on any atom is -0.465 e. The summed E-state index contributed by atoms with van der Waals surface area (Å²) < 4.78 is 10.4. The van der Waals surface area contributed by atoms with Crippen molar-refractivity contribution in [1.82, 2.24) is 0 Å². The Labute approximate surface area is 150 Å². The van der Waals surface area contributed by atoms with Gasteiger partial charge in [0.25, 0.3) is 0 Å². The van der Waals surface area contributed by atoms with E-state index in [0.29, 0.717) is 10.6 Å². The zero-order valence-corrected chi connectivity index (χ0v) is 15.3. The summed E-state index contributed by atoms with van der Waals surface area (Å²) in [6, 6.07) is 4.70. The Morgan fingerprint density at radius 3 is 2.42 bits per heavy atom. The number of halogens is 2. The SMILES string of the molecule is CCOC(=O)[C@]1(C)C(=O)O[C@H](c2ccc(Cl)cc2Cl)C(C)(C)C1=O. The second kappa shape index (κ2) is 6.37. The largest absolute Gasteiger partial charge is 0.465 e. The number of ketones is 1. The van der Waals surface area contributed by atoms with Crippen molar-refractivity contribution >= 4 is 40.9 Å². The zero-order valence-electron chi connectivity index (χ0n) is 13.8. The van der Waals surface area contributed by atoms with Gasteiger partial charge in [-0.15, -0.1) is 0 Å². The van der Waals surface area contributed by atoms with E-state index in [1.165, 1.54) is 13.0 Å². The first-order valence-corrected chi connectivity index (χ1v) is 8.20. The second-order valence-electron chi connectivity index (χ2n) is 6.35. The highest BCUT2D eigenvalue weighted by Gasteiger charge is 2.63. The topological polar surface area (TPSA) is 69.7 Å². The van der Waals surface area contributed by atoms with Crippen molar-refractivity contribution in [2.45, 2.75) is 33.8 Å². The molecule has 0 aliphatic carbocycles. The molecular weight excluding hydrogens is 355 g/mol. The first kappa shape index (κ1) is 18.7. The maximum Gasteiger partial charge on any atom is 0.331 e. The van der Waals surface area contributed by atoms with E-state index >= 15 is 0 Å². The predicted octanol–water partition coefficient (Wildman–Crippen LogP) is 3.76. The van der Waals surface area contributed by atoms with E-state index in [-0.39, 0.29) is 11.6 Å². The number of benzene rings is 1. The number of cyclic esters (lactones) is 1. The Hall–Kier alpha value is -1.59. The number of hydrogen-bond acceptors (Lipinski definition) is 5. The van der Waals surface area contributed by atoms with Gasteiger partial charge in [-0.25, -0.2) is 0 Å². The van der Waals surface area contributed by atoms with Crippen molar-refractivity contribution in [2.24, 2.45) is 10.8 Å². The van der Waals surface area contributed by atoms with Crippen LogP contribution in [0.5, 0.6) is 0 Å². The second-order valence-corrected chi connectivity index (χ2v) is 7.19. The van der Waals surface area contributed by atoms with E-state index in [2.05, 4.69) is 0 Å². The van der Waals surface area contributed by atoms with Crippen molar-refractivity contribution in [3.05, 3.63) is 33.8 Å². The molecule has 1 aliphatic rings. The summed E-state index contributed by atoms with van der Waals surface area (Å²) in [6.45, 7) is 6.10. The minimum absolute atomic E-state index is 0.0574. The van der Waals surface area contributed by atoms with Crippen LogP contribution < -0.4 is 0 Å². The standard InChI is InChI=1S/C17H18Cl2O5/c1-5-23-14(21)17(4)13(20)16(2,3)12(24-15(17)22)10-7-6-9(18)8-11(10)19/h6-8,12H,5H2,1-4H3/t12-,17-/m1/s1. The van der Waals surface area contributed by atoms with E-state index in [4.69, 9.17) is 32.7 Å². The highest BCUT2D eigenvalue weighted by atomic mass is 35.5. The Kier molecular flexibility index (Phi) is 4.98. The fraction of sp³-hybridized carbons (Fsp3) is 0.471. The molecule has 0 amide bonds. The van der Waals surface area contributed by atoms with Gasteiger partial charge in [0.15, 0.2) is 5.78 Å². The van der Waals surface area contributed by atoms with Gasteiger partial charge in [0.05, 0.1) is 12.0 Å². The van der Waals surface area contributed by atoms with E-state index in [1.54, 1.807) is 32.9 Å². The summed E-state index contributed by atoms with van der Waals surface area (Å²) in [7, 11) is 0. The van der Waals surface area contributed by atoms with Gasteiger partial charge in [-0.3, -0.25) is 14.4 Å². The Morgan fingerprint density at radius 1 is 1.25 bits per heavy atom. The number of ether oxygens (including phenoxy) is 2. The highest BCUT2D eigenvalue weighted by molar-refractivity contribution is 6.35. The molecule has 0 radical (unpaired) electrons. The Morgan fingerprint density at radius 2 is 1.88 bits per heavy atom. The summed E-state index contributed by atoms with van der Waals surface area (Å²) in [5, 5.41) is 0.701. The van der Waals surface area contributed by atoms with Crippen molar-refractivity contribution in [3.8, 4) is 0 Å². The van der Waals surface area contributed by atoms with Crippen LogP contribution >= 0.6 is 23.2 Å². The number of carbonyl (C=O) groups is 3. The molecule has 1 aliphatic heterocycles. The third kappa shape index (κ3) is 2.80. The molecule has 0 saturated carbocycles. The number of hydrogen-bond donors (Lipinski definition) is 0. The first-order valence-electron chi connectivity index (χ1n) is 7.45. The van der Waals surface area contributed by atoms with Gasteiger partial charge >= 0.3 is 11.9 Å². The summed E-state index contributed by atoms with van der Waals surface area (Å²) in [5.41, 5.74) is -2.71. The number of rotatable bonds is 3. The van der Waals surface area contributed by atoms with Crippen molar-refractivity contribution in [1.29, 1.82) is 0 Å². The van der Waals surface area contributed by atoms with E-state index in [0.717, 1.165) is 0 Å². The van der Waals surface area contributed by atoms with Crippen molar-refractivity contribution < 1.29 is 23.9 Å². The van der Waals surface area contributed by atoms with E-state index < -0.39 is 34.7 Å². The van der Waals surface area contributed by atoms with E-state index in [1.807, 2.05) is 0 Å². The maximum absolute atomic E-state index is 13.0. The average Bonchev–Trinajstić information content (AvgIpc) is 2.50. The molecule has 24 heavy (non-hydrogen) atoms. The number of Topliss-reactive ketones (excluding diaryl/α,β-unsaturated/α-hetero) is 1. The third-order valence-corrected chi connectivity index (χ3v) is 4.82. The van der Waals surface area contributed by atoms with Gasteiger partial charge in [-0.2, -0.15) is 0 Å². The summed E-state index contributed by atoms with van der Waals surface area (Å²) in [6.07, 6.45) is -0.926. The van der Waals surface area contributed by atoms with Gasteiger partial charge in [-0.1, -0.05) is 29.3 Å². The van der Waals surface area contributed by atoms with Gasteiger partial charge in [-0.05, 0) is 39.8 Å². The molecule has 0 bridgehead atoms. The lowest BCUT2D eigenvalue weighted by Crippen LogP contribution is -2.57. The summed E-state index contributed by atoms with van der Waals surface area (Å²) in [4.78, 5) is 37.7. The molecular formula is C17H18Cl2O5. The third-order valence-electron chi connectivity index (χ3n) is 4.26. The maximum atomic E-state index is 13.0. The Balaban J connectivity index is 2.50. The van der Waals surface area contributed by atoms with Crippen LogP contribution in [0.25, 0.3) is 0 Å². The van der Waals surface area contributed by atoms with Crippen LogP contribution in [0.2, 0.25) is 10.0 Å². The summed E-state index contributed by atoms with van der Waals surface area (Å²) in [5.74, 6) is -2.42. The van der Waals surface area contributed by atoms with Gasteiger partial charge in [0.2, 0.25) is 5.41 Å². The molecule has 1 saturated heterocycles. The van der Waals surface area contributed by atoms with Crippen molar-refractivity contribution in [2.75, 3.05) is 6.61 Å². The quantitative estimate of drug-likeness (QED) is 0.596. The van der Waals surface area contributed by atoms with Crippen LogP contribution in [0, 0.1) is 10.8 Å². The lowest BCUT2D eigenvalue weighted by atomic mass is 9.66. The molecule has 0 spiro atoms. The zero-order chi connectivity index (χ0) is 18.3. The first-order chi connectivity index (χ1) is 11.1. The molecule has 0 aromatic heterocycles. The Bertz CT molecular complexity index is 713. The monoisotopic (exact) mass is 372 g/mol. The fourth-order valence-corrected chi connectivity index (χ4v) is 3.35. The minimum atomic E-state index is -1.99. The molecule has 1 heterocycles. The van der Waals surface area contributed by atoms with Crippen LogP contribution in [-0.2, 0) is 23.9 Å². The number of esters is 2. The van der Waals surface area contributed by atoms with Crippen molar-refractivity contribution in [3.63, 3.8) is 0 Å². The summed E-state index contributed by atoms with van der Waals surface area (Å²) >= 11 is 12.1. The van der Waals surface area contributed by atoms with Gasteiger partial charge in [0.1, 0.15) is 6.10 Å². The molecule has 0 unspecified atom stereocenters. The van der Waals surface area contributed by atoms with Gasteiger partial charge < -0.3 is 9.47 Å². The van der Waals surface area contributed by atoms with Crippen LogP contribution in [0.3, 0.4) is 0 Å². The normalized spacial score (nSPS) is 26.0. The lowest BCUT2D eigenvalue weighted by molar-refractivity contribution is -0.195. The lowest BCUT2D eigenvalue weighted by Gasteiger charge is -2.43. The molecule has 7 heteroatoms. The molecule has 1 aromatic rings.